The SMILES string of the molecule is CC(=O)Nc1cccc(C(=O)N2C[C@H]3C[C@H]2CS3)c1. The van der Waals surface area contributed by atoms with Crippen LogP contribution in [0.1, 0.15) is 23.7 Å². The Morgan fingerprint density at radius 2 is 2.26 bits per heavy atom. The number of nitrogens with one attached hydrogen (secondary N) is 1. The van der Waals surface area contributed by atoms with Crippen LogP contribution in [0.2, 0.25) is 0 Å². The molecule has 2 atom stereocenters. The van der Waals surface area contributed by atoms with Crippen molar-refractivity contribution < 1.29 is 9.59 Å². The van der Waals surface area contributed by atoms with Gasteiger partial charge in [0.15, 0.2) is 0 Å². The van der Waals surface area contributed by atoms with Gasteiger partial charge >= 0.3 is 0 Å². The zero-order valence-corrected chi connectivity index (χ0v) is 11.6. The fourth-order valence-corrected chi connectivity index (χ4v) is 4.18. The van der Waals surface area contributed by atoms with Gasteiger partial charge in [-0.15, -0.1) is 0 Å². The minimum absolute atomic E-state index is 0.0833. The molecule has 0 aromatic heterocycles. The molecular formula is C14H16N2O2S. The molecule has 0 radical (unpaired) electrons. The molecule has 2 fully saturated rings. The van der Waals surface area contributed by atoms with Gasteiger partial charge in [-0.3, -0.25) is 9.59 Å². The van der Waals surface area contributed by atoms with Gasteiger partial charge < -0.3 is 10.2 Å². The quantitative estimate of drug-likeness (QED) is 0.898. The summed E-state index contributed by atoms with van der Waals surface area (Å²) in [6.45, 7) is 2.32. The van der Waals surface area contributed by atoms with Crippen molar-refractivity contribution in [2.75, 3.05) is 17.6 Å². The molecule has 0 saturated carbocycles. The van der Waals surface area contributed by atoms with Crippen molar-refractivity contribution in [1.82, 2.24) is 4.90 Å². The second-order valence-electron chi connectivity index (χ2n) is 5.06. The fraction of sp³-hybridized carbons (Fsp3) is 0.429. The molecular weight excluding hydrogens is 260 g/mol. The molecule has 1 aromatic rings. The van der Waals surface area contributed by atoms with Crippen molar-refractivity contribution in [3.8, 4) is 0 Å². The van der Waals surface area contributed by atoms with Crippen LogP contribution in [0.4, 0.5) is 5.69 Å². The molecule has 19 heavy (non-hydrogen) atoms. The summed E-state index contributed by atoms with van der Waals surface area (Å²) in [6, 6.07) is 7.56. The molecule has 0 unspecified atom stereocenters. The molecule has 2 aliphatic heterocycles. The van der Waals surface area contributed by atoms with Crippen molar-refractivity contribution in [2.24, 2.45) is 0 Å². The van der Waals surface area contributed by atoms with E-state index in [9.17, 15) is 9.59 Å². The highest BCUT2D eigenvalue weighted by Crippen LogP contribution is 2.38. The van der Waals surface area contributed by atoms with Crippen LogP contribution in [0.5, 0.6) is 0 Å². The number of carbonyl (C=O) groups is 2. The number of carbonyl (C=O) groups excluding carboxylic acids is 2. The van der Waals surface area contributed by atoms with Gasteiger partial charge in [-0.05, 0) is 24.6 Å². The number of rotatable bonds is 2. The summed E-state index contributed by atoms with van der Waals surface area (Å²) >= 11 is 1.97. The number of thioether (sulfide) groups is 1. The minimum atomic E-state index is -0.124. The molecule has 5 heteroatoms. The number of likely N-dealkylation sites (tertiary alicyclic amines) is 1. The third kappa shape index (κ3) is 2.47. The zero-order valence-electron chi connectivity index (χ0n) is 10.8. The van der Waals surface area contributed by atoms with Crippen LogP contribution < -0.4 is 5.32 Å². The highest BCUT2D eigenvalue weighted by molar-refractivity contribution is 8.00. The van der Waals surface area contributed by atoms with E-state index in [0.29, 0.717) is 22.5 Å². The van der Waals surface area contributed by atoms with Crippen LogP contribution in [-0.4, -0.2) is 40.3 Å². The Morgan fingerprint density at radius 3 is 2.89 bits per heavy atom. The number of anilines is 1. The highest BCUT2D eigenvalue weighted by Gasteiger charge is 2.41. The first kappa shape index (κ1) is 12.5. The summed E-state index contributed by atoms with van der Waals surface area (Å²) in [7, 11) is 0. The van der Waals surface area contributed by atoms with Gasteiger partial charge in [0.05, 0.1) is 0 Å². The predicted molar refractivity (Wildman–Crippen MR) is 76.4 cm³/mol. The standard InChI is InChI=1S/C14H16N2O2S/c1-9(17)15-11-4-2-3-10(5-11)14(18)16-7-13-6-12(16)8-19-13/h2-5,12-13H,6-8H2,1H3,(H,15,17)/t12-,13+/m0/s1. The number of hydrogen-bond donors (Lipinski definition) is 1. The average molecular weight is 276 g/mol. The van der Waals surface area contributed by atoms with E-state index in [1.165, 1.54) is 6.92 Å². The molecule has 0 aliphatic carbocycles. The van der Waals surface area contributed by atoms with Crippen LogP contribution in [0.15, 0.2) is 24.3 Å². The van der Waals surface area contributed by atoms with E-state index >= 15 is 0 Å². The molecule has 0 spiro atoms. The van der Waals surface area contributed by atoms with Crippen LogP contribution >= 0.6 is 11.8 Å². The number of fused-ring (bicyclic) bond motifs is 2. The molecule has 100 valence electrons. The summed E-state index contributed by atoms with van der Waals surface area (Å²) < 4.78 is 0. The van der Waals surface area contributed by atoms with Gasteiger partial charge in [-0.25, -0.2) is 0 Å². The molecule has 1 aromatic carbocycles. The number of amides is 2. The Bertz CT molecular complexity index is 532. The lowest BCUT2D eigenvalue weighted by atomic mass is 10.1. The molecule has 3 rings (SSSR count). The molecule has 2 bridgehead atoms. The third-order valence-electron chi connectivity index (χ3n) is 3.59. The van der Waals surface area contributed by atoms with Crippen molar-refractivity contribution in [2.45, 2.75) is 24.6 Å². The van der Waals surface area contributed by atoms with E-state index in [2.05, 4.69) is 5.32 Å². The van der Waals surface area contributed by atoms with Gasteiger partial charge in [0.1, 0.15) is 0 Å². The largest absolute Gasteiger partial charge is 0.334 e. The second kappa shape index (κ2) is 4.89. The Morgan fingerprint density at radius 1 is 1.42 bits per heavy atom. The van der Waals surface area contributed by atoms with E-state index in [4.69, 9.17) is 0 Å². The smallest absolute Gasteiger partial charge is 0.254 e. The number of hydrogen-bond acceptors (Lipinski definition) is 3. The van der Waals surface area contributed by atoms with Gasteiger partial charge in [-0.2, -0.15) is 11.8 Å². The predicted octanol–water partition coefficient (Wildman–Crippen LogP) is 1.97. The van der Waals surface area contributed by atoms with Gasteiger partial charge in [-0.1, -0.05) is 6.07 Å². The molecule has 2 heterocycles. The minimum Gasteiger partial charge on any atom is -0.334 e. The fourth-order valence-electron chi connectivity index (χ4n) is 2.75. The average Bonchev–Trinajstić information content (AvgIpc) is 2.99. The molecule has 2 amide bonds. The van der Waals surface area contributed by atoms with Gasteiger partial charge in [0, 0.05) is 41.8 Å². The van der Waals surface area contributed by atoms with E-state index in [1.54, 1.807) is 12.1 Å². The first-order chi connectivity index (χ1) is 9.13. The summed E-state index contributed by atoms with van der Waals surface area (Å²) in [5.74, 6) is 1.02. The summed E-state index contributed by atoms with van der Waals surface area (Å²) in [4.78, 5) is 25.5. The van der Waals surface area contributed by atoms with Crippen LogP contribution in [-0.2, 0) is 4.79 Å². The van der Waals surface area contributed by atoms with E-state index in [1.807, 2.05) is 28.8 Å². The normalized spacial score (nSPS) is 24.6. The van der Waals surface area contributed by atoms with E-state index in [0.717, 1.165) is 18.7 Å². The Kier molecular flexibility index (Phi) is 3.22. The number of nitrogens with zero attached hydrogens (tertiary/aromatic N) is 1. The first-order valence-electron chi connectivity index (χ1n) is 6.44. The molecule has 4 nitrogen and oxygen atoms in total. The van der Waals surface area contributed by atoms with Crippen LogP contribution in [0.25, 0.3) is 0 Å². The Balaban J connectivity index is 1.78. The van der Waals surface area contributed by atoms with E-state index in [-0.39, 0.29) is 11.8 Å². The van der Waals surface area contributed by atoms with Gasteiger partial charge in [0.25, 0.3) is 5.91 Å². The van der Waals surface area contributed by atoms with E-state index < -0.39 is 0 Å². The Labute approximate surface area is 116 Å². The summed E-state index contributed by atoms with van der Waals surface area (Å²) in [5, 5.41) is 3.33. The highest BCUT2D eigenvalue weighted by atomic mass is 32.2. The van der Waals surface area contributed by atoms with Crippen molar-refractivity contribution in [3.63, 3.8) is 0 Å². The van der Waals surface area contributed by atoms with Gasteiger partial charge in [0.2, 0.25) is 5.91 Å². The lowest BCUT2D eigenvalue weighted by Gasteiger charge is -2.26. The maximum Gasteiger partial charge on any atom is 0.254 e. The second-order valence-corrected chi connectivity index (χ2v) is 6.40. The molecule has 2 aliphatic rings. The van der Waals surface area contributed by atoms with Crippen molar-refractivity contribution in [3.05, 3.63) is 29.8 Å². The zero-order chi connectivity index (χ0) is 13.4. The maximum absolute atomic E-state index is 12.5. The van der Waals surface area contributed by atoms with Crippen LogP contribution in [0.3, 0.4) is 0 Å². The lowest BCUT2D eigenvalue weighted by Crippen LogP contribution is -2.39. The number of benzene rings is 1. The van der Waals surface area contributed by atoms with Crippen molar-refractivity contribution in [1.29, 1.82) is 0 Å². The Hall–Kier alpha value is -1.49. The summed E-state index contributed by atoms with van der Waals surface area (Å²) in [6.07, 6.45) is 1.13. The topological polar surface area (TPSA) is 49.4 Å². The lowest BCUT2D eigenvalue weighted by molar-refractivity contribution is -0.114. The maximum atomic E-state index is 12.5. The molecule has 1 N–H and O–H groups in total. The summed E-state index contributed by atoms with van der Waals surface area (Å²) in [5.41, 5.74) is 1.33. The molecule has 2 saturated heterocycles. The van der Waals surface area contributed by atoms with Crippen LogP contribution in [0, 0.1) is 0 Å². The first-order valence-corrected chi connectivity index (χ1v) is 7.48. The third-order valence-corrected chi connectivity index (χ3v) is 4.98. The monoisotopic (exact) mass is 276 g/mol. The van der Waals surface area contributed by atoms with Crippen molar-refractivity contribution >= 4 is 29.3 Å².